The lowest BCUT2D eigenvalue weighted by molar-refractivity contribution is -0.134. The number of carbonyl (C=O) groups excluding carboxylic acids is 2. The third kappa shape index (κ3) is 5.14. The van der Waals surface area contributed by atoms with Crippen molar-refractivity contribution in [3.8, 4) is 34.3 Å². The molecule has 2 aromatic heterocycles. The van der Waals surface area contributed by atoms with E-state index in [0.29, 0.717) is 45.0 Å². The number of ether oxygens (including phenoxy) is 4. The maximum absolute atomic E-state index is 12.4. The zero-order chi connectivity index (χ0) is 24.0. The van der Waals surface area contributed by atoms with Crippen LogP contribution in [0, 0.1) is 0 Å². The van der Waals surface area contributed by atoms with Crippen molar-refractivity contribution in [2.45, 2.75) is 26.3 Å². The highest BCUT2D eigenvalue weighted by molar-refractivity contribution is 9.10. The first-order valence-corrected chi connectivity index (χ1v) is 10.9. The molecule has 0 radical (unpaired) electrons. The molecule has 0 unspecified atom stereocenters. The molecule has 176 valence electrons. The maximum atomic E-state index is 12.4. The summed E-state index contributed by atoms with van der Waals surface area (Å²) in [6.45, 7) is 1.98. The Morgan fingerprint density at radius 2 is 1.88 bits per heavy atom. The number of nitrogens with zero attached hydrogens (tertiary/aromatic N) is 1. The number of hydrogen-bond acceptors (Lipinski definition) is 7. The van der Waals surface area contributed by atoms with Gasteiger partial charge in [-0.2, -0.15) is 0 Å². The van der Waals surface area contributed by atoms with Crippen molar-refractivity contribution in [1.82, 2.24) is 20.3 Å². The molecule has 3 aromatic rings. The topological polar surface area (TPSA) is 128 Å². The van der Waals surface area contributed by atoms with Gasteiger partial charge in [-0.15, -0.1) is 0 Å². The summed E-state index contributed by atoms with van der Waals surface area (Å²) in [5, 5.41) is 2.80. The fraction of sp³-hybridized carbons (Fsp3) is 0.318. The molecular weight excluding hydrogens is 496 g/mol. The first-order chi connectivity index (χ1) is 15.9. The first kappa shape index (κ1) is 24.2. The number of halogens is 1. The SMILES string of the molecule is CCCC(=O)Oc1[nH]c(CNC(=O)c2ncc[nH]2)c(-c2ccc(OC)c(OC)c2OC)c1Br. The van der Waals surface area contributed by atoms with Crippen molar-refractivity contribution in [2.75, 3.05) is 21.3 Å². The van der Waals surface area contributed by atoms with Crippen LogP contribution in [0.15, 0.2) is 29.0 Å². The second-order valence-electron chi connectivity index (χ2n) is 6.85. The van der Waals surface area contributed by atoms with E-state index in [9.17, 15) is 9.59 Å². The van der Waals surface area contributed by atoms with Crippen LogP contribution in [0.3, 0.4) is 0 Å². The minimum Gasteiger partial charge on any atom is -0.493 e. The number of carbonyl (C=O) groups is 2. The zero-order valence-corrected chi connectivity index (χ0v) is 20.3. The standard InChI is InChI=1S/C22H25BrN4O6/c1-5-6-15(28)33-22-17(23)16(12-7-8-14(30-2)19(32-4)18(12)31-3)13(27-22)11-26-21(29)20-24-9-10-25-20/h7-10,27H,5-6,11H2,1-4H3,(H,24,25)(H,26,29). The minimum atomic E-state index is -0.388. The summed E-state index contributed by atoms with van der Waals surface area (Å²) in [6.07, 6.45) is 3.97. The van der Waals surface area contributed by atoms with Gasteiger partial charge in [0.1, 0.15) is 0 Å². The fourth-order valence-electron chi connectivity index (χ4n) is 3.29. The highest BCUT2D eigenvalue weighted by Gasteiger charge is 2.26. The molecule has 3 N–H and O–H groups in total. The Labute approximate surface area is 199 Å². The van der Waals surface area contributed by atoms with Gasteiger partial charge in [0.25, 0.3) is 5.91 Å². The van der Waals surface area contributed by atoms with Gasteiger partial charge in [0, 0.05) is 35.6 Å². The number of H-pyrrole nitrogens is 2. The maximum Gasteiger partial charge on any atom is 0.312 e. The summed E-state index contributed by atoms with van der Waals surface area (Å²) < 4.78 is 22.5. The van der Waals surface area contributed by atoms with Gasteiger partial charge in [0.05, 0.1) is 32.3 Å². The van der Waals surface area contributed by atoms with Crippen LogP contribution in [0.4, 0.5) is 0 Å². The summed E-state index contributed by atoms with van der Waals surface area (Å²) >= 11 is 3.54. The third-order valence-electron chi connectivity index (χ3n) is 4.77. The summed E-state index contributed by atoms with van der Waals surface area (Å²) in [7, 11) is 4.56. The van der Waals surface area contributed by atoms with Crippen molar-refractivity contribution >= 4 is 27.8 Å². The number of hydrogen-bond donors (Lipinski definition) is 3. The minimum absolute atomic E-state index is 0.0935. The summed E-state index contributed by atoms with van der Waals surface area (Å²) in [5.41, 5.74) is 1.84. The largest absolute Gasteiger partial charge is 0.493 e. The van der Waals surface area contributed by atoms with Gasteiger partial charge >= 0.3 is 5.97 Å². The van der Waals surface area contributed by atoms with Crippen LogP contribution in [-0.2, 0) is 11.3 Å². The van der Waals surface area contributed by atoms with E-state index in [4.69, 9.17) is 18.9 Å². The van der Waals surface area contributed by atoms with Crippen molar-refractivity contribution in [3.63, 3.8) is 0 Å². The molecule has 1 amide bonds. The zero-order valence-electron chi connectivity index (χ0n) is 18.7. The Morgan fingerprint density at radius 1 is 1.12 bits per heavy atom. The van der Waals surface area contributed by atoms with Crippen LogP contribution in [-0.4, -0.2) is 48.2 Å². The van der Waals surface area contributed by atoms with E-state index < -0.39 is 0 Å². The average Bonchev–Trinajstić information content (AvgIpc) is 3.45. The Bertz CT molecular complexity index is 1130. The first-order valence-electron chi connectivity index (χ1n) is 10.1. The van der Waals surface area contributed by atoms with E-state index in [1.54, 1.807) is 18.3 Å². The number of benzene rings is 1. The van der Waals surface area contributed by atoms with Crippen molar-refractivity contribution in [1.29, 1.82) is 0 Å². The molecule has 2 heterocycles. The van der Waals surface area contributed by atoms with Gasteiger partial charge < -0.3 is 34.2 Å². The number of nitrogens with one attached hydrogen (secondary N) is 3. The summed E-state index contributed by atoms with van der Waals surface area (Å²) in [6, 6.07) is 3.54. The molecule has 0 bridgehead atoms. The van der Waals surface area contributed by atoms with Crippen molar-refractivity contribution in [3.05, 3.63) is 40.5 Å². The van der Waals surface area contributed by atoms with E-state index in [2.05, 4.69) is 36.2 Å². The number of methoxy groups -OCH3 is 3. The lowest BCUT2D eigenvalue weighted by Gasteiger charge is -2.16. The molecule has 0 aliphatic heterocycles. The molecule has 1 aromatic carbocycles. The Morgan fingerprint density at radius 3 is 2.48 bits per heavy atom. The summed E-state index contributed by atoms with van der Waals surface area (Å²) in [5.74, 6) is 0.953. The Balaban J connectivity index is 2.07. The number of rotatable bonds is 10. The van der Waals surface area contributed by atoms with Gasteiger partial charge in [-0.05, 0) is 34.5 Å². The van der Waals surface area contributed by atoms with E-state index >= 15 is 0 Å². The lowest BCUT2D eigenvalue weighted by Crippen LogP contribution is -2.24. The molecule has 0 fully saturated rings. The third-order valence-corrected chi connectivity index (χ3v) is 5.52. The van der Waals surface area contributed by atoms with Crippen molar-refractivity contribution in [2.24, 2.45) is 0 Å². The summed E-state index contributed by atoms with van der Waals surface area (Å²) in [4.78, 5) is 34.4. The second kappa shape index (κ2) is 10.9. The number of esters is 1. The van der Waals surface area contributed by atoms with Crippen LogP contribution >= 0.6 is 15.9 Å². The number of imidazole rings is 1. The van der Waals surface area contributed by atoms with Crippen LogP contribution in [0.5, 0.6) is 23.1 Å². The van der Waals surface area contributed by atoms with Gasteiger partial charge in [-0.1, -0.05) is 6.92 Å². The Hall–Kier alpha value is -3.47. The van der Waals surface area contributed by atoms with E-state index in [1.807, 2.05) is 6.92 Å². The second-order valence-corrected chi connectivity index (χ2v) is 7.64. The van der Waals surface area contributed by atoms with Gasteiger partial charge in [0.15, 0.2) is 17.3 Å². The van der Waals surface area contributed by atoms with Crippen LogP contribution in [0.1, 0.15) is 36.1 Å². The molecule has 33 heavy (non-hydrogen) atoms. The number of aromatic amines is 2. The van der Waals surface area contributed by atoms with Crippen LogP contribution < -0.4 is 24.3 Å². The molecule has 0 saturated heterocycles. The van der Waals surface area contributed by atoms with Crippen LogP contribution in [0.2, 0.25) is 0 Å². The fourth-order valence-corrected chi connectivity index (χ4v) is 3.93. The molecule has 0 saturated carbocycles. The smallest absolute Gasteiger partial charge is 0.312 e. The monoisotopic (exact) mass is 520 g/mol. The molecule has 0 aliphatic rings. The van der Waals surface area contributed by atoms with E-state index in [0.717, 1.165) is 0 Å². The van der Waals surface area contributed by atoms with E-state index in [1.165, 1.54) is 27.5 Å². The normalized spacial score (nSPS) is 10.6. The quantitative estimate of drug-likeness (QED) is 0.346. The lowest BCUT2D eigenvalue weighted by atomic mass is 10.0. The van der Waals surface area contributed by atoms with Gasteiger partial charge in [0.2, 0.25) is 11.6 Å². The molecule has 11 heteroatoms. The molecule has 0 aliphatic carbocycles. The van der Waals surface area contributed by atoms with Crippen molar-refractivity contribution < 1.29 is 28.5 Å². The molecule has 3 rings (SSSR count). The molecule has 0 spiro atoms. The Kier molecular flexibility index (Phi) is 7.99. The van der Waals surface area contributed by atoms with E-state index in [-0.39, 0.29) is 36.5 Å². The number of amides is 1. The van der Waals surface area contributed by atoms with Crippen LogP contribution in [0.25, 0.3) is 11.1 Å². The molecule has 0 atom stereocenters. The van der Waals surface area contributed by atoms with Gasteiger partial charge in [-0.25, -0.2) is 4.98 Å². The molecule has 10 nitrogen and oxygen atoms in total. The predicted molar refractivity (Wildman–Crippen MR) is 124 cm³/mol. The highest BCUT2D eigenvalue weighted by atomic mass is 79.9. The molecular formula is C22H25BrN4O6. The predicted octanol–water partition coefficient (Wildman–Crippen LogP) is 3.83. The highest BCUT2D eigenvalue weighted by Crippen LogP contribution is 2.49. The number of aromatic nitrogens is 3. The average molecular weight is 521 g/mol. The van der Waals surface area contributed by atoms with Gasteiger partial charge in [-0.3, -0.25) is 9.59 Å².